The third kappa shape index (κ3) is 3.14. The first-order valence-corrected chi connectivity index (χ1v) is 11.9. The molecule has 0 spiro atoms. The minimum absolute atomic E-state index is 0.132. The second kappa shape index (κ2) is 7.32. The molecule has 3 saturated carbocycles. The summed E-state index contributed by atoms with van der Waals surface area (Å²) in [7, 11) is 0. The molecular formula is C24H32FNO8. The fraction of sp³-hybridized carbons (Fsp3) is 0.792. The Labute approximate surface area is 197 Å². The van der Waals surface area contributed by atoms with E-state index in [1.807, 2.05) is 13.8 Å². The molecule has 1 unspecified atom stereocenters. The third-order valence-corrected chi connectivity index (χ3v) is 9.36. The van der Waals surface area contributed by atoms with Crippen LogP contribution < -0.4 is 0 Å². The molecule has 0 aromatic carbocycles. The first-order chi connectivity index (χ1) is 15.7. The fourth-order valence-corrected chi connectivity index (χ4v) is 8.33. The quantitative estimate of drug-likeness (QED) is 0.356. The number of allylic oxidation sites excluding steroid dienone is 4. The van der Waals surface area contributed by atoms with Gasteiger partial charge < -0.3 is 19.7 Å². The number of halogens is 1. The molecule has 1 aliphatic heterocycles. The maximum absolute atomic E-state index is 15.5. The minimum atomic E-state index is -1.74. The van der Waals surface area contributed by atoms with Crippen LogP contribution in [0.5, 0.6) is 0 Å². The first-order valence-electron chi connectivity index (χ1n) is 11.9. The zero-order valence-electron chi connectivity index (χ0n) is 19.8. The Balaban J connectivity index is 1.56. The average molecular weight is 482 g/mol. The molecule has 0 aromatic heterocycles. The standard InChI is InChI=1S/C24H32FNO8/c1-21(2)32-18-9-14-13-8-16(25)15-7-12(27)5-6-22(15,3)20(13)17(28)10-23(14,4)24(18,34-21)11-19(29)33-26(30)31/h5-7,13-14,16-20,28-29H,8-11H2,1-4H3/t13-,14-,16-,17-,18+,19?,20+,22-,23-,24+/m0/s1. The summed E-state index contributed by atoms with van der Waals surface area (Å²) in [4.78, 5) is 27.3. The molecule has 1 heterocycles. The fourth-order valence-electron chi connectivity index (χ4n) is 8.33. The molecule has 188 valence electrons. The number of carbonyl (C=O) groups excluding carboxylic acids is 1. The molecule has 4 fully saturated rings. The number of hydrogen-bond acceptors (Lipinski definition) is 8. The summed E-state index contributed by atoms with van der Waals surface area (Å²) in [5, 5.41) is 31.8. The van der Waals surface area contributed by atoms with Crippen LogP contribution in [0.3, 0.4) is 0 Å². The van der Waals surface area contributed by atoms with Crippen molar-refractivity contribution in [2.75, 3.05) is 0 Å². The first kappa shape index (κ1) is 23.8. The summed E-state index contributed by atoms with van der Waals surface area (Å²) in [6, 6.07) is 0. The molecular weight excluding hydrogens is 449 g/mol. The van der Waals surface area contributed by atoms with E-state index in [1.54, 1.807) is 19.9 Å². The molecule has 0 radical (unpaired) electrons. The van der Waals surface area contributed by atoms with E-state index in [2.05, 4.69) is 4.84 Å². The van der Waals surface area contributed by atoms with Crippen molar-refractivity contribution in [3.63, 3.8) is 0 Å². The second-order valence-corrected chi connectivity index (χ2v) is 11.5. The number of rotatable bonds is 4. The van der Waals surface area contributed by atoms with Gasteiger partial charge in [-0.1, -0.05) is 19.9 Å². The van der Waals surface area contributed by atoms with Crippen LogP contribution in [0, 0.1) is 38.7 Å². The van der Waals surface area contributed by atoms with E-state index >= 15 is 4.39 Å². The highest BCUT2D eigenvalue weighted by Crippen LogP contribution is 2.71. The van der Waals surface area contributed by atoms with Gasteiger partial charge in [-0.3, -0.25) is 9.63 Å². The number of aliphatic hydroxyl groups is 2. The highest BCUT2D eigenvalue weighted by Gasteiger charge is 2.75. The van der Waals surface area contributed by atoms with E-state index in [0.29, 0.717) is 12.0 Å². The van der Waals surface area contributed by atoms with Crippen LogP contribution in [0.1, 0.15) is 53.4 Å². The van der Waals surface area contributed by atoms with Gasteiger partial charge >= 0.3 is 0 Å². The van der Waals surface area contributed by atoms with Gasteiger partial charge in [0, 0.05) is 23.2 Å². The lowest BCUT2D eigenvalue weighted by Crippen LogP contribution is -2.62. The summed E-state index contributed by atoms with van der Waals surface area (Å²) in [5.41, 5.74) is -2.31. The van der Waals surface area contributed by atoms with Crippen LogP contribution in [0.2, 0.25) is 0 Å². The number of hydrogen-bond donors (Lipinski definition) is 2. The lowest BCUT2D eigenvalue weighted by atomic mass is 9.46. The van der Waals surface area contributed by atoms with E-state index in [4.69, 9.17) is 9.47 Å². The molecule has 4 aliphatic carbocycles. The summed E-state index contributed by atoms with van der Waals surface area (Å²) in [5.74, 6) is -1.93. The van der Waals surface area contributed by atoms with E-state index < -0.39 is 52.0 Å². The second-order valence-electron chi connectivity index (χ2n) is 11.5. The SMILES string of the molecule is CC1(C)O[C@@H]2C[C@H]3[C@@H]4C[C@H](F)C5=CC(=O)C=C[C@]5(C)[C@H]4[C@@H](O)C[C@]3(C)[C@]2(CC(O)O[N+](=O)[O-])O1. The summed E-state index contributed by atoms with van der Waals surface area (Å²) in [6.07, 6.45) is 0.853. The van der Waals surface area contributed by atoms with Crippen LogP contribution in [0.15, 0.2) is 23.8 Å². The molecule has 34 heavy (non-hydrogen) atoms. The Hall–Kier alpha value is -1.88. The number of fused-ring (bicyclic) bond motifs is 7. The van der Waals surface area contributed by atoms with Crippen LogP contribution in [-0.2, 0) is 19.1 Å². The van der Waals surface area contributed by atoms with Gasteiger partial charge in [-0.05, 0) is 62.7 Å². The lowest BCUT2D eigenvalue weighted by Gasteiger charge is -2.60. The molecule has 5 rings (SSSR count). The van der Waals surface area contributed by atoms with Crippen molar-refractivity contribution in [1.82, 2.24) is 0 Å². The normalized spacial score (nSPS) is 49.4. The van der Waals surface area contributed by atoms with Crippen LogP contribution >= 0.6 is 0 Å². The highest BCUT2D eigenvalue weighted by atomic mass is 19.1. The van der Waals surface area contributed by atoms with Crippen molar-refractivity contribution in [2.45, 2.75) is 89.4 Å². The van der Waals surface area contributed by atoms with Crippen LogP contribution in [0.4, 0.5) is 4.39 Å². The van der Waals surface area contributed by atoms with Gasteiger partial charge in [0.05, 0.1) is 12.2 Å². The predicted octanol–water partition coefficient (Wildman–Crippen LogP) is 2.63. The number of alkyl halides is 1. The Morgan fingerprint density at radius 3 is 2.71 bits per heavy atom. The van der Waals surface area contributed by atoms with Gasteiger partial charge in [0.15, 0.2) is 11.6 Å². The Kier molecular flexibility index (Phi) is 5.13. The van der Waals surface area contributed by atoms with Gasteiger partial charge in [-0.15, -0.1) is 10.1 Å². The molecule has 9 nitrogen and oxygen atoms in total. The van der Waals surface area contributed by atoms with Crippen molar-refractivity contribution >= 4 is 5.78 Å². The molecule has 0 aromatic rings. The number of nitrogens with zero attached hydrogens (tertiary/aromatic N) is 1. The topological polar surface area (TPSA) is 128 Å². The smallest absolute Gasteiger partial charge is 0.297 e. The van der Waals surface area contributed by atoms with Gasteiger partial charge in [0.1, 0.15) is 11.8 Å². The van der Waals surface area contributed by atoms with Gasteiger partial charge in [-0.2, -0.15) is 0 Å². The van der Waals surface area contributed by atoms with Crippen LogP contribution in [0.25, 0.3) is 0 Å². The molecule has 10 atom stereocenters. The molecule has 0 amide bonds. The number of carbonyl (C=O) groups is 1. The maximum atomic E-state index is 15.5. The van der Waals surface area contributed by atoms with E-state index in [-0.39, 0.29) is 42.8 Å². The molecule has 2 N–H and O–H groups in total. The van der Waals surface area contributed by atoms with E-state index in [9.17, 15) is 25.1 Å². The van der Waals surface area contributed by atoms with Crippen molar-refractivity contribution in [3.8, 4) is 0 Å². The summed E-state index contributed by atoms with van der Waals surface area (Å²) >= 11 is 0. The Morgan fingerprint density at radius 2 is 2.03 bits per heavy atom. The van der Waals surface area contributed by atoms with Gasteiger partial charge in [-0.25, -0.2) is 4.39 Å². The number of aliphatic hydroxyl groups excluding tert-OH is 2. The maximum Gasteiger partial charge on any atom is 0.297 e. The Morgan fingerprint density at radius 1 is 1.32 bits per heavy atom. The zero-order chi connectivity index (χ0) is 24.8. The molecule has 5 aliphatic rings. The number of ketones is 1. The van der Waals surface area contributed by atoms with Crippen molar-refractivity contribution < 1.29 is 38.8 Å². The Bertz CT molecular complexity index is 982. The average Bonchev–Trinajstić information content (AvgIpc) is 3.06. The van der Waals surface area contributed by atoms with Crippen molar-refractivity contribution in [1.29, 1.82) is 0 Å². The van der Waals surface area contributed by atoms with Crippen molar-refractivity contribution in [3.05, 3.63) is 33.9 Å². The van der Waals surface area contributed by atoms with Gasteiger partial charge in [0.25, 0.3) is 5.09 Å². The predicted molar refractivity (Wildman–Crippen MR) is 115 cm³/mol. The summed E-state index contributed by atoms with van der Waals surface area (Å²) < 4.78 is 28.2. The lowest BCUT2D eigenvalue weighted by molar-refractivity contribution is -0.780. The molecule has 0 bridgehead atoms. The van der Waals surface area contributed by atoms with Crippen molar-refractivity contribution in [2.24, 2.45) is 28.6 Å². The van der Waals surface area contributed by atoms with E-state index in [0.717, 1.165) is 0 Å². The molecule has 10 heteroatoms. The number of ether oxygens (including phenoxy) is 2. The van der Waals surface area contributed by atoms with Crippen LogP contribution in [-0.4, -0.2) is 57.1 Å². The monoisotopic (exact) mass is 481 g/mol. The highest BCUT2D eigenvalue weighted by molar-refractivity contribution is 6.01. The minimum Gasteiger partial charge on any atom is -0.393 e. The zero-order valence-corrected chi connectivity index (χ0v) is 19.8. The summed E-state index contributed by atoms with van der Waals surface area (Å²) in [6.45, 7) is 7.32. The molecule has 1 saturated heterocycles. The van der Waals surface area contributed by atoms with Gasteiger partial charge in [0.2, 0.25) is 6.29 Å². The third-order valence-electron chi connectivity index (χ3n) is 9.36. The van der Waals surface area contributed by atoms with E-state index in [1.165, 1.54) is 12.2 Å². The largest absolute Gasteiger partial charge is 0.393 e.